The van der Waals surface area contributed by atoms with Gasteiger partial charge in [0.15, 0.2) is 6.10 Å². The van der Waals surface area contributed by atoms with E-state index in [9.17, 15) is 19.5 Å². The zero-order chi connectivity index (χ0) is 19.7. The molecule has 1 aromatic heterocycles. The van der Waals surface area contributed by atoms with Crippen molar-refractivity contribution in [2.75, 3.05) is 6.54 Å². The van der Waals surface area contributed by atoms with E-state index in [1.165, 1.54) is 11.0 Å². The first-order chi connectivity index (χ1) is 12.8. The van der Waals surface area contributed by atoms with Crippen molar-refractivity contribution in [3.63, 3.8) is 0 Å². The zero-order valence-corrected chi connectivity index (χ0v) is 15.7. The number of carbonyl (C=O) groups is 2. The number of carboxylic acid groups (broad SMARTS) is 1. The molecule has 144 valence electrons. The van der Waals surface area contributed by atoms with Crippen LogP contribution < -0.4 is 10.4 Å². The maximum Gasteiger partial charge on any atom is 0.336 e. The van der Waals surface area contributed by atoms with Crippen LogP contribution in [-0.2, 0) is 16.0 Å². The standard InChI is InChI=1S/C20H23NO6/c1-4-13-10-17(22)27-18-11(2)16(8-7-14(13)18)26-12(3)19(23)21-9-5-6-15(21)20(24)25/h7-8,10,12,15H,4-6,9H2,1-3H3,(H,24,25)/t12?,15-/m0/s1. The molecule has 1 unspecified atom stereocenters. The molecule has 2 heterocycles. The number of rotatable bonds is 5. The second kappa shape index (κ2) is 7.42. The summed E-state index contributed by atoms with van der Waals surface area (Å²) in [7, 11) is 0. The van der Waals surface area contributed by atoms with Gasteiger partial charge in [0.1, 0.15) is 17.4 Å². The molecule has 0 saturated carbocycles. The lowest BCUT2D eigenvalue weighted by atomic mass is 10.0. The summed E-state index contributed by atoms with van der Waals surface area (Å²) >= 11 is 0. The van der Waals surface area contributed by atoms with E-state index in [2.05, 4.69) is 0 Å². The Bertz CT molecular complexity index is 947. The van der Waals surface area contributed by atoms with Crippen LogP contribution in [0.25, 0.3) is 11.0 Å². The van der Waals surface area contributed by atoms with Crippen molar-refractivity contribution in [2.45, 2.75) is 52.2 Å². The van der Waals surface area contributed by atoms with E-state index in [1.807, 2.05) is 13.0 Å². The highest BCUT2D eigenvalue weighted by Gasteiger charge is 2.36. The van der Waals surface area contributed by atoms with Gasteiger partial charge in [-0.25, -0.2) is 9.59 Å². The topological polar surface area (TPSA) is 97.0 Å². The number of amides is 1. The van der Waals surface area contributed by atoms with Crippen LogP contribution in [0.5, 0.6) is 5.75 Å². The first-order valence-electron chi connectivity index (χ1n) is 9.09. The molecule has 1 saturated heterocycles. The van der Waals surface area contributed by atoms with Gasteiger partial charge in [-0.3, -0.25) is 4.79 Å². The molecule has 3 rings (SSSR count). The molecule has 7 heteroatoms. The van der Waals surface area contributed by atoms with E-state index in [0.29, 0.717) is 42.7 Å². The Balaban J connectivity index is 1.88. The molecule has 0 radical (unpaired) electrons. The monoisotopic (exact) mass is 373 g/mol. The average molecular weight is 373 g/mol. The number of aliphatic carboxylic acids is 1. The van der Waals surface area contributed by atoms with Gasteiger partial charge in [-0.15, -0.1) is 0 Å². The summed E-state index contributed by atoms with van der Waals surface area (Å²) < 4.78 is 11.2. The molecule has 1 aliphatic rings. The van der Waals surface area contributed by atoms with Gasteiger partial charge >= 0.3 is 11.6 Å². The summed E-state index contributed by atoms with van der Waals surface area (Å²) in [4.78, 5) is 37.1. The number of hydrogen-bond acceptors (Lipinski definition) is 5. The first kappa shape index (κ1) is 18.9. The fourth-order valence-electron chi connectivity index (χ4n) is 3.59. The molecule has 2 aromatic rings. The predicted octanol–water partition coefficient (Wildman–Crippen LogP) is 2.51. The number of aryl methyl sites for hydroxylation is 2. The number of likely N-dealkylation sites (tertiary alicyclic amines) is 1. The van der Waals surface area contributed by atoms with Crippen LogP contribution in [0.2, 0.25) is 0 Å². The average Bonchev–Trinajstić information content (AvgIpc) is 3.13. The third kappa shape index (κ3) is 3.54. The van der Waals surface area contributed by atoms with Crippen LogP contribution in [0.4, 0.5) is 0 Å². The van der Waals surface area contributed by atoms with Crippen LogP contribution >= 0.6 is 0 Å². The number of carboxylic acids is 1. The molecule has 0 aliphatic carbocycles. The van der Waals surface area contributed by atoms with Gasteiger partial charge in [0.25, 0.3) is 5.91 Å². The Hall–Kier alpha value is -2.83. The number of nitrogens with zero attached hydrogens (tertiary/aromatic N) is 1. The van der Waals surface area contributed by atoms with Gasteiger partial charge in [-0.05, 0) is 50.8 Å². The predicted molar refractivity (Wildman–Crippen MR) is 99.1 cm³/mol. The molecule has 2 atom stereocenters. The molecular formula is C20H23NO6. The molecule has 0 bridgehead atoms. The molecular weight excluding hydrogens is 350 g/mol. The fourth-order valence-corrected chi connectivity index (χ4v) is 3.59. The second-order valence-corrected chi connectivity index (χ2v) is 6.80. The lowest BCUT2D eigenvalue weighted by Gasteiger charge is -2.25. The molecule has 1 aliphatic heterocycles. The number of fused-ring (bicyclic) bond motifs is 1. The Morgan fingerprint density at radius 3 is 2.81 bits per heavy atom. The zero-order valence-electron chi connectivity index (χ0n) is 15.7. The van der Waals surface area contributed by atoms with Crippen molar-refractivity contribution in [3.8, 4) is 5.75 Å². The number of hydrogen-bond donors (Lipinski definition) is 1. The highest BCUT2D eigenvalue weighted by Crippen LogP contribution is 2.30. The van der Waals surface area contributed by atoms with Gasteiger partial charge in [-0.1, -0.05) is 6.92 Å². The van der Waals surface area contributed by atoms with Crippen LogP contribution in [0, 0.1) is 6.92 Å². The number of carbonyl (C=O) groups excluding carboxylic acids is 1. The van der Waals surface area contributed by atoms with Crippen molar-refractivity contribution < 1.29 is 23.8 Å². The second-order valence-electron chi connectivity index (χ2n) is 6.80. The minimum absolute atomic E-state index is 0.358. The lowest BCUT2D eigenvalue weighted by molar-refractivity contribution is -0.150. The SMILES string of the molecule is CCc1cc(=O)oc2c(C)c(OC(C)C(=O)N3CCC[C@H]3C(=O)O)ccc12. The van der Waals surface area contributed by atoms with Crippen LogP contribution in [0.3, 0.4) is 0 Å². The Labute approximate surface area is 156 Å². The molecule has 7 nitrogen and oxygen atoms in total. The van der Waals surface area contributed by atoms with Gasteiger partial charge in [0.05, 0.1) is 0 Å². The van der Waals surface area contributed by atoms with Crippen molar-refractivity contribution in [3.05, 3.63) is 39.7 Å². The van der Waals surface area contributed by atoms with Gasteiger partial charge in [-0.2, -0.15) is 0 Å². The summed E-state index contributed by atoms with van der Waals surface area (Å²) in [6, 6.07) is 4.24. The molecule has 27 heavy (non-hydrogen) atoms. The summed E-state index contributed by atoms with van der Waals surface area (Å²) in [5, 5.41) is 10.1. The highest BCUT2D eigenvalue weighted by atomic mass is 16.5. The third-order valence-corrected chi connectivity index (χ3v) is 5.05. The van der Waals surface area contributed by atoms with Crippen molar-refractivity contribution in [1.29, 1.82) is 0 Å². The molecule has 1 N–H and O–H groups in total. The molecule has 1 amide bonds. The van der Waals surface area contributed by atoms with Crippen LogP contribution in [0.1, 0.15) is 37.8 Å². The first-order valence-corrected chi connectivity index (χ1v) is 9.09. The van der Waals surface area contributed by atoms with E-state index in [0.717, 1.165) is 10.9 Å². The van der Waals surface area contributed by atoms with Gasteiger partial charge in [0, 0.05) is 23.6 Å². The number of benzene rings is 1. The molecule has 1 aromatic carbocycles. The third-order valence-electron chi connectivity index (χ3n) is 5.05. The van der Waals surface area contributed by atoms with E-state index >= 15 is 0 Å². The minimum atomic E-state index is -0.996. The van der Waals surface area contributed by atoms with Crippen LogP contribution in [-0.4, -0.2) is 40.6 Å². The van der Waals surface area contributed by atoms with E-state index < -0.39 is 23.7 Å². The Morgan fingerprint density at radius 2 is 2.15 bits per heavy atom. The van der Waals surface area contributed by atoms with Gasteiger partial charge < -0.3 is 19.2 Å². The van der Waals surface area contributed by atoms with E-state index in [4.69, 9.17) is 9.15 Å². The fraction of sp³-hybridized carbons (Fsp3) is 0.450. The lowest BCUT2D eigenvalue weighted by Crippen LogP contribution is -2.46. The van der Waals surface area contributed by atoms with Crippen LogP contribution in [0.15, 0.2) is 27.4 Å². The maximum atomic E-state index is 12.7. The Kier molecular flexibility index (Phi) is 5.21. The van der Waals surface area contributed by atoms with Gasteiger partial charge in [0.2, 0.25) is 0 Å². The summed E-state index contributed by atoms with van der Waals surface area (Å²) in [5.41, 5.74) is 1.54. The van der Waals surface area contributed by atoms with E-state index in [1.54, 1.807) is 19.9 Å². The minimum Gasteiger partial charge on any atom is -0.480 e. The van der Waals surface area contributed by atoms with Crippen molar-refractivity contribution in [2.24, 2.45) is 0 Å². The largest absolute Gasteiger partial charge is 0.480 e. The van der Waals surface area contributed by atoms with Crippen molar-refractivity contribution in [1.82, 2.24) is 4.90 Å². The summed E-state index contributed by atoms with van der Waals surface area (Å²) in [6.07, 6.45) is 0.966. The summed E-state index contributed by atoms with van der Waals surface area (Å²) in [5.74, 6) is -0.919. The number of ether oxygens (including phenoxy) is 1. The molecule has 0 spiro atoms. The normalized spacial score (nSPS) is 17.9. The van der Waals surface area contributed by atoms with Crippen molar-refractivity contribution >= 4 is 22.8 Å². The summed E-state index contributed by atoms with van der Waals surface area (Å²) in [6.45, 7) is 5.74. The smallest absolute Gasteiger partial charge is 0.336 e. The quantitative estimate of drug-likeness (QED) is 0.809. The Morgan fingerprint density at radius 1 is 1.41 bits per heavy atom. The highest BCUT2D eigenvalue weighted by molar-refractivity contribution is 5.88. The maximum absolute atomic E-state index is 12.7. The molecule has 1 fully saturated rings. The van der Waals surface area contributed by atoms with E-state index in [-0.39, 0.29) is 5.91 Å².